The van der Waals surface area contributed by atoms with Crippen molar-refractivity contribution < 1.29 is 9.47 Å². The minimum Gasteiger partial charge on any atom is -0.347 e. The second-order valence-corrected chi connectivity index (χ2v) is 16.3. The van der Waals surface area contributed by atoms with Gasteiger partial charge in [-0.2, -0.15) is 0 Å². The highest BCUT2D eigenvalue weighted by Gasteiger charge is 2.75. The van der Waals surface area contributed by atoms with Gasteiger partial charge in [0.25, 0.3) is 0 Å². The average molecular weight is 565 g/mol. The van der Waals surface area contributed by atoms with Crippen molar-refractivity contribution in [3.63, 3.8) is 0 Å². The molecule has 3 atom stereocenters. The molecule has 2 bridgehead atoms. The molecule has 2 saturated carbocycles. The third-order valence-electron chi connectivity index (χ3n) is 10.1. The zero-order chi connectivity index (χ0) is 27.0. The van der Waals surface area contributed by atoms with Crippen molar-refractivity contribution in [2.75, 3.05) is 25.5 Å². The van der Waals surface area contributed by atoms with E-state index in [2.05, 4.69) is 128 Å². The van der Waals surface area contributed by atoms with Crippen molar-refractivity contribution in [2.24, 2.45) is 16.7 Å². The summed E-state index contributed by atoms with van der Waals surface area (Å²) < 4.78 is 13.6. The van der Waals surface area contributed by atoms with Crippen LogP contribution in [0.25, 0.3) is 0 Å². The van der Waals surface area contributed by atoms with Gasteiger partial charge in [0.15, 0.2) is 5.79 Å². The highest BCUT2D eigenvalue weighted by molar-refractivity contribution is 7.73. The predicted molar refractivity (Wildman–Crippen MR) is 170 cm³/mol. The van der Waals surface area contributed by atoms with E-state index in [1.807, 2.05) is 0 Å². The molecule has 0 amide bonds. The monoisotopic (exact) mass is 564 g/mol. The second kappa shape index (κ2) is 10.8. The quantitative estimate of drug-likeness (QED) is 0.219. The molecule has 2 nitrogen and oxygen atoms in total. The van der Waals surface area contributed by atoms with Crippen LogP contribution < -0.4 is 21.2 Å². The standard InChI is InChI=1S/C36H38O2P2/c1-34(27-39(30-14-6-2-7-15-30)31-16-8-3-9-17-31)29-22-23-35(34,36(26-29)37-24-25-38-36)28-40(32-18-10-4-11-19-32)33-20-12-5-13-21-33/h2-21,29H,22-28H2,1H3/t29-,34+,35+/m1/s1. The fourth-order valence-corrected chi connectivity index (χ4v) is 14.1. The van der Waals surface area contributed by atoms with E-state index in [1.165, 1.54) is 40.2 Å². The van der Waals surface area contributed by atoms with E-state index in [0.29, 0.717) is 19.1 Å². The highest BCUT2D eigenvalue weighted by atomic mass is 31.1. The number of benzene rings is 4. The Labute approximate surface area is 241 Å². The van der Waals surface area contributed by atoms with E-state index >= 15 is 0 Å². The SMILES string of the molecule is C[C@]1(CP(c2ccccc2)c2ccccc2)[C@@H]2CC[C@@]1(CP(c1ccccc1)c1ccccc1)C1(C2)OCCO1. The molecule has 1 saturated heterocycles. The summed E-state index contributed by atoms with van der Waals surface area (Å²) in [6.45, 7) is 4.05. The molecule has 40 heavy (non-hydrogen) atoms. The van der Waals surface area contributed by atoms with Crippen LogP contribution in [0, 0.1) is 16.7 Å². The van der Waals surface area contributed by atoms with Gasteiger partial charge in [-0.05, 0) is 73.6 Å². The van der Waals surface area contributed by atoms with Crippen LogP contribution in [0.2, 0.25) is 0 Å². The summed E-state index contributed by atoms with van der Waals surface area (Å²) in [5.74, 6) is 0.134. The summed E-state index contributed by atoms with van der Waals surface area (Å²) >= 11 is 0. The first-order valence-electron chi connectivity index (χ1n) is 14.7. The molecule has 204 valence electrons. The van der Waals surface area contributed by atoms with E-state index in [-0.39, 0.29) is 10.8 Å². The van der Waals surface area contributed by atoms with Gasteiger partial charge in [-0.15, -0.1) is 0 Å². The van der Waals surface area contributed by atoms with Crippen molar-refractivity contribution in [3.8, 4) is 0 Å². The molecular formula is C36H38O2P2. The Morgan fingerprint density at radius 2 is 1.00 bits per heavy atom. The van der Waals surface area contributed by atoms with Gasteiger partial charge in [-0.1, -0.05) is 128 Å². The van der Waals surface area contributed by atoms with Gasteiger partial charge in [0.1, 0.15) is 0 Å². The van der Waals surface area contributed by atoms with E-state index < -0.39 is 21.6 Å². The highest BCUT2D eigenvalue weighted by Crippen LogP contribution is 2.76. The lowest BCUT2D eigenvalue weighted by molar-refractivity contribution is -0.234. The van der Waals surface area contributed by atoms with Crippen LogP contribution in [-0.4, -0.2) is 31.3 Å². The Balaban J connectivity index is 1.36. The maximum absolute atomic E-state index is 6.80. The number of hydrogen-bond acceptors (Lipinski definition) is 2. The van der Waals surface area contributed by atoms with Crippen molar-refractivity contribution in [1.29, 1.82) is 0 Å². The fourth-order valence-electron chi connectivity index (χ4n) is 8.09. The van der Waals surface area contributed by atoms with Crippen molar-refractivity contribution >= 4 is 37.1 Å². The smallest absolute Gasteiger partial charge is 0.175 e. The molecule has 1 heterocycles. The van der Waals surface area contributed by atoms with Gasteiger partial charge in [0.2, 0.25) is 0 Å². The molecule has 0 radical (unpaired) electrons. The first-order chi connectivity index (χ1) is 19.6. The van der Waals surface area contributed by atoms with Gasteiger partial charge in [-0.25, -0.2) is 0 Å². The molecule has 4 aromatic carbocycles. The third-order valence-corrected chi connectivity index (χ3v) is 15.6. The maximum Gasteiger partial charge on any atom is 0.175 e. The summed E-state index contributed by atoms with van der Waals surface area (Å²) in [6.07, 6.45) is 5.76. The zero-order valence-corrected chi connectivity index (χ0v) is 25.1. The Morgan fingerprint density at radius 1 is 0.600 bits per heavy atom. The lowest BCUT2D eigenvalue weighted by atomic mass is 9.68. The van der Waals surface area contributed by atoms with Crippen LogP contribution in [-0.2, 0) is 9.47 Å². The Bertz CT molecular complexity index is 1330. The van der Waals surface area contributed by atoms with Crippen LogP contribution >= 0.6 is 15.8 Å². The van der Waals surface area contributed by atoms with Crippen LogP contribution in [0.15, 0.2) is 121 Å². The van der Waals surface area contributed by atoms with E-state index in [1.54, 1.807) is 0 Å². The molecule has 4 heteroatoms. The predicted octanol–water partition coefficient (Wildman–Crippen LogP) is 6.80. The molecule has 1 aliphatic heterocycles. The maximum atomic E-state index is 6.80. The lowest BCUT2D eigenvalue weighted by Gasteiger charge is -2.51. The molecular weight excluding hydrogens is 526 g/mol. The average Bonchev–Trinajstić information content (AvgIpc) is 3.65. The molecule has 4 aromatic rings. The molecule has 3 aliphatic rings. The number of ether oxygens (including phenoxy) is 2. The Hall–Kier alpha value is -2.34. The van der Waals surface area contributed by atoms with E-state index in [0.717, 1.165) is 12.6 Å². The topological polar surface area (TPSA) is 18.5 Å². The largest absolute Gasteiger partial charge is 0.347 e. The van der Waals surface area contributed by atoms with Crippen LogP contribution in [0.5, 0.6) is 0 Å². The van der Waals surface area contributed by atoms with Crippen molar-refractivity contribution in [3.05, 3.63) is 121 Å². The van der Waals surface area contributed by atoms with Crippen LogP contribution in [0.4, 0.5) is 0 Å². The van der Waals surface area contributed by atoms with Gasteiger partial charge in [-0.3, -0.25) is 0 Å². The molecule has 0 aromatic heterocycles. The number of fused-ring (bicyclic) bond motifs is 3. The molecule has 1 spiro atoms. The van der Waals surface area contributed by atoms with Gasteiger partial charge in [0, 0.05) is 11.8 Å². The Kier molecular flexibility index (Phi) is 7.18. The summed E-state index contributed by atoms with van der Waals surface area (Å²) in [6, 6.07) is 45.0. The summed E-state index contributed by atoms with van der Waals surface area (Å²) in [7, 11) is -1.10. The lowest BCUT2D eigenvalue weighted by Crippen LogP contribution is -2.54. The minimum atomic E-state index is -0.576. The minimum absolute atomic E-state index is 0.0390. The van der Waals surface area contributed by atoms with Crippen molar-refractivity contribution in [1.82, 2.24) is 0 Å². The second-order valence-electron chi connectivity index (χ2n) is 11.9. The normalized spacial score (nSPS) is 26.7. The van der Waals surface area contributed by atoms with Gasteiger partial charge >= 0.3 is 0 Å². The summed E-state index contributed by atoms with van der Waals surface area (Å²) in [5.41, 5.74) is 0.0710. The van der Waals surface area contributed by atoms with Crippen molar-refractivity contribution in [2.45, 2.75) is 32.0 Å². The number of rotatable bonds is 8. The Morgan fingerprint density at radius 3 is 1.43 bits per heavy atom. The molecule has 2 aliphatic carbocycles. The van der Waals surface area contributed by atoms with E-state index in [9.17, 15) is 0 Å². The fraction of sp³-hybridized carbons (Fsp3) is 0.333. The molecule has 7 rings (SSSR count). The van der Waals surface area contributed by atoms with E-state index in [4.69, 9.17) is 9.47 Å². The first kappa shape index (κ1) is 26.6. The third kappa shape index (κ3) is 4.31. The zero-order valence-electron chi connectivity index (χ0n) is 23.3. The van der Waals surface area contributed by atoms with Crippen LogP contribution in [0.1, 0.15) is 26.2 Å². The summed E-state index contributed by atoms with van der Waals surface area (Å²) in [4.78, 5) is 0. The van der Waals surface area contributed by atoms with Crippen LogP contribution in [0.3, 0.4) is 0 Å². The number of hydrogen-bond donors (Lipinski definition) is 0. The molecule has 0 unspecified atom stereocenters. The molecule has 0 N–H and O–H groups in total. The van der Waals surface area contributed by atoms with Gasteiger partial charge in [0.05, 0.1) is 13.2 Å². The first-order valence-corrected chi connectivity index (χ1v) is 17.7. The molecule has 3 fully saturated rings. The summed E-state index contributed by atoms with van der Waals surface area (Å²) in [5, 5.41) is 5.86. The van der Waals surface area contributed by atoms with Gasteiger partial charge < -0.3 is 9.47 Å².